The molecule has 0 atom stereocenters. The van der Waals surface area contributed by atoms with E-state index in [4.69, 9.17) is 16.0 Å². The number of nitrogens with two attached hydrogens (primary N) is 2. The van der Waals surface area contributed by atoms with E-state index in [0.29, 0.717) is 18.3 Å². The van der Waals surface area contributed by atoms with Gasteiger partial charge in [0.2, 0.25) is 11.8 Å². The van der Waals surface area contributed by atoms with E-state index in [1.165, 1.54) is 32.1 Å². The summed E-state index contributed by atoms with van der Waals surface area (Å²) in [4.78, 5) is 17.4. The molecule has 0 aromatic carbocycles. The molecular weight excluding hydrogens is 270 g/mol. The van der Waals surface area contributed by atoms with E-state index < -0.39 is 0 Å². The lowest BCUT2D eigenvalue weighted by atomic mass is 9.87. The predicted molar refractivity (Wildman–Crippen MR) is 77.9 cm³/mol. The van der Waals surface area contributed by atoms with E-state index in [1.807, 2.05) is 4.90 Å². The zero-order valence-electron chi connectivity index (χ0n) is 12.5. The van der Waals surface area contributed by atoms with Crippen molar-refractivity contribution >= 4 is 5.91 Å². The maximum Gasteiger partial charge on any atom is 0.240 e. The zero-order chi connectivity index (χ0) is 15.1. The van der Waals surface area contributed by atoms with Crippen molar-refractivity contribution in [3.05, 3.63) is 11.7 Å². The molecule has 7 heteroatoms. The molecule has 0 unspecified atom stereocenters. The van der Waals surface area contributed by atoms with Crippen molar-refractivity contribution in [3.63, 3.8) is 0 Å². The minimum atomic E-state index is -0.332. The summed E-state index contributed by atoms with van der Waals surface area (Å²) in [5.41, 5.74) is 10.8. The van der Waals surface area contributed by atoms with Crippen LogP contribution in [0.5, 0.6) is 0 Å². The average molecular weight is 295 g/mol. The minimum Gasteiger partial charge on any atom is -0.369 e. The summed E-state index contributed by atoms with van der Waals surface area (Å²) in [7, 11) is 0. The number of aromatic nitrogens is 2. The topological polar surface area (TPSA) is 111 Å². The van der Waals surface area contributed by atoms with Gasteiger partial charge in [-0.05, 0) is 18.9 Å². The van der Waals surface area contributed by atoms with Gasteiger partial charge in [-0.2, -0.15) is 4.98 Å². The summed E-state index contributed by atoms with van der Waals surface area (Å²) in [5, 5.41) is 3.87. The summed E-state index contributed by atoms with van der Waals surface area (Å²) >= 11 is 0. The molecule has 1 aliphatic rings. The molecule has 0 saturated heterocycles. The van der Waals surface area contributed by atoms with Crippen LogP contribution >= 0.6 is 0 Å². The van der Waals surface area contributed by atoms with E-state index in [2.05, 4.69) is 10.1 Å². The Balaban J connectivity index is 1.85. The highest BCUT2D eigenvalue weighted by atomic mass is 16.5. The maximum atomic E-state index is 11.2. The molecule has 1 saturated carbocycles. The van der Waals surface area contributed by atoms with Crippen LogP contribution in [-0.4, -0.2) is 34.0 Å². The van der Waals surface area contributed by atoms with E-state index in [-0.39, 0.29) is 19.0 Å². The Morgan fingerprint density at radius 3 is 2.71 bits per heavy atom. The third-order valence-electron chi connectivity index (χ3n) is 4.01. The van der Waals surface area contributed by atoms with Crippen LogP contribution in [0.25, 0.3) is 0 Å². The van der Waals surface area contributed by atoms with Crippen molar-refractivity contribution in [3.8, 4) is 0 Å². The van der Waals surface area contributed by atoms with Gasteiger partial charge < -0.3 is 16.0 Å². The zero-order valence-corrected chi connectivity index (χ0v) is 12.5. The van der Waals surface area contributed by atoms with Gasteiger partial charge in [-0.1, -0.05) is 37.3 Å². The first-order chi connectivity index (χ1) is 10.2. The van der Waals surface area contributed by atoms with Gasteiger partial charge in [0.15, 0.2) is 5.82 Å². The molecule has 1 fully saturated rings. The highest BCUT2D eigenvalue weighted by Crippen LogP contribution is 2.26. The molecule has 1 aromatic heterocycles. The Kier molecular flexibility index (Phi) is 6.13. The molecule has 0 bridgehead atoms. The summed E-state index contributed by atoms with van der Waals surface area (Å²) in [6.45, 7) is 1.75. The normalized spacial score (nSPS) is 16.5. The first-order valence-corrected chi connectivity index (χ1v) is 7.69. The monoisotopic (exact) mass is 295 g/mol. The Morgan fingerprint density at radius 2 is 2.10 bits per heavy atom. The molecule has 1 aliphatic carbocycles. The lowest BCUT2D eigenvalue weighted by molar-refractivity contribution is -0.119. The van der Waals surface area contributed by atoms with Crippen molar-refractivity contribution in [2.24, 2.45) is 17.4 Å². The Morgan fingerprint density at radius 1 is 1.33 bits per heavy atom. The molecule has 4 N–H and O–H groups in total. The van der Waals surface area contributed by atoms with Crippen LogP contribution in [0.3, 0.4) is 0 Å². The van der Waals surface area contributed by atoms with Crippen molar-refractivity contribution in [2.45, 2.75) is 51.6 Å². The van der Waals surface area contributed by atoms with Crippen LogP contribution in [-0.2, 0) is 17.9 Å². The number of hydrogen-bond donors (Lipinski definition) is 2. The molecule has 1 heterocycles. The van der Waals surface area contributed by atoms with Crippen molar-refractivity contribution in [1.29, 1.82) is 0 Å². The molecule has 1 amide bonds. The standard InChI is InChI=1S/C14H25N5O2/c15-8-14-17-13(18-21-14)10-19(9-12(16)20)7-6-11-4-2-1-3-5-11/h11H,1-10,15H2,(H2,16,20). The number of carbonyl (C=O) groups is 1. The van der Waals surface area contributed by atoms with Gasteiger partial charge in [0, 0.05) is 0 Å². The number of amides is 1. The van der Waals surface area contributed by atoms with E-state index >= 15 is 0 Å². The summed E-state index contributed by atoms with van der Waals surface area (Å²) in [6, 6.07) is 0. The summed E-state index contributed by atoms with van der Waals surface area (Å²) in [6.07, 6.45) is 7.69. The van der Waals surface area contributed by atoms with Crippen molar-refractivity contribution < 1.29 is 9.32 Å². The van der Waals surface area contributed by atoms with Gasteiger partial charge in [0.05, 0.1) is 19.6 Å². The maximum absolute atomic E-state index is 11.2. The lowest BCUT2D eigenvalue weighted by Gasteiger charge is -2.25. The van der Waals surface area contributed by atoms with Gasteiger partial charge in [0.1, 0.15) is 0 Å². The third kappa shape index (κ3) is 5.43. The Hall–Kier alpha value is -1.47. The molecule has 118 valence electrons. The SMILES string of the molecule is NCc1nc(CN(CCC2CCCCC2)CC(N)=O)no1. The average Bonchev–Trinajstić information content (AvgIpc) is 2.93. The molecule has 0 radical (unpaired) electrons. The van der Waals surface area contributed by atoms with Crippen LogP contribution in [0, 0.1) is 5.92 Å². The minimum absolute atomic E-state index is 0.221. The van der Waals surface area contributed by atoms with Gasteiger partial charge in [-0.15, -0.1) is 0 Å². The van der Waals surface area contributed by atoms with Crippen molar-refractivity contribution in [2.75, 3.05) is 13.1 Å². The van der Waals surface area contributed by atoms with Crippen LogP contribution in [0.2, 0.25) is 0 Å². The number of carbonyl (C=O) groups excluding carboxylic acids is 1. The largest absolute Gasteiger partial charge is 0.369 e. The Bertz CT molecular complexity index is 442. The fourth-order valence-corrected chi connectivity index (χ4v) is 2.91. The fourth-order valence-electron chi connectivity index (χ4n) is 2.91. The van der Waals surface area contributed by atoms with Crippen LogP contribution in [0.15, 0.2) is 4.52 Å². The second-order valence-corrected chi connectivity index (χ2v) is 5.78. The van der Waals surface area contributed by atoms with Gasteiger partial charge in [0.25, 0.3) is 0 Å². The van der Waals surface area contributed by atoms with Gasteiger partial charge in [-0.25, -0.2) is 0 Å². The molecule has 0 spiro atoms. The molecule has 0 aliphatic heterocycles. The smallest absolute Gasteiger partial charge is 0.240 e. The summed E-state index contributed by atoms with van der Waals surface area (Å²) in [5.74, 6) is 1.40. The van der Waals surface area contributed by atoms with Crippen LogP contribution in [0.1, 0.15) is 50.2 Å². The molecule has 2 rings (SSSR count). The molecule has 7 nitrogen and oxygen atoms in total. The second kappa shape index (κ2) is 8.09. The van der Waals surface area contributed by atoms with E-state index in [1.54, 1.807) is 0 Å². The molecular formula is C14H25N5O2. The van der Waals surface area contributed by atoms with E-state index in [9.17, 15) is 4.79 Å². The molecule has 1 aromatic rings. The highest BCUT2D eigenvalue weighted by Gasteiger charge is 2.17. The predicted octanol–water partition coefficient (Wildman–Crippen LogP) is 0.786. The van der Waals surface area contributed by atoms with Crippen LogP contribution < -0.4 is 11.5 Å². The van der Waals surface area contributed by atoms with Gasteiger partial charge in [-0.3, -0.25) is 9.69 Å². The van der Waals surface area contributed by atoms with E-state index in [0.717, 1.165) is 18.9 Å². The van der Waals surface area contributed by atoms with Crippen molar-refractivity contribution in [1.82, 2.24) is 15.0 Å². The second-order valence-electron chi connectivity index (χ2n) is 5.78. The van der Waals surface area contributed by atoms with Crippen LogP contribution in [0.4, 0.5) is 0 Å². The Labute approximate surface area is 125 Å². The first kappa shape index (κ1) is 15.9. The lowest BCUT2D eigenvalue weighted by Crippen LogP contribution is -2.35. The third-order valence-corrected chi connectivity index (χ3v) is 4.01. The molecule has 21 heavy (non-hydrogen) atoms. The first-order valence-electron chi connectivity index (χ1n) is 7.69. The van der Waals surface area contributed by atoms with Gasteiger partial charge >= 0.3 is 0 Å². The number of rotatable bonds is 8. The number of primary amides is 1. The number of nitrogens with zero attached hydrogens (tertiary/aromatic N) is 3. The fraction of sp³-hybridized carbons (Fsp3) is 0.786. The highest BCUT2D eigenvalue weighted by molar-refractivity contribution is 5.75. The number of hydrogen-bond acceptors (Lipinski definition) is 6. The quantitative estimate of drug-likeness (QED) is 0.733. The summed E-state index contributed by atoms with van der Waals surface area (Å²) < 4.78 is 4.99.